The number of morpholine rings is 1. The van der Waals surface area contributed by atoms with Gasteiger partial charge < -0.3 is 9.64 Å². The van der Waals surface area contributed by atoms with Crippen molar-refractivity contribution in [2.24, 2.45) is 0 Å². The van der Waals surface area contributed by atoms with E-state index in [1.54, 1.807) is 12.3 Å². The summed E-state index contributed by atoms with van der Waals surface area (Å²) in [6.07, 6.45) is 0. The highest BCUT2D eigenvalue weighted by molar-refractivity contribution is 5.90. The van der Waals surface area contributed by atoms with Gasteiger partial charge in [0.2, 0.25) is 0 Å². The zero-order valence-electron chi connectivity index (χ0n) is 17.0. The van der Waals surface area contributed by atoms with Crippen molar-refractivity contribution in [1.82, 2.24) is 9.66 Å². The lowest BCUT2D eigenvalue weighted by Crippen LogP contribution is -2.40. The highest BCUT2D eigenvalue weighted by Crippen LogP contribution is 2.42. The highest BCUT2D eigenvalue weighted by Gasteiger charge is 2.29. The molecule has 2 aliphatic heterocycles. The molecule has 0 saturated carbocycles. The maximum Gasteiger partial charge on any atom is 0.127 e. The molecule has 3 heterocycles. The smallest absolute Gasteiger partial charge is 0.127 e. The van der Waals surface area contributed by atoms with E-state index in [2.05, 4.69) is 59.8 Å². The number of ether oxygens (including phenoxy) is 1. The Hall–Kier alpha value is -3.03. The number of rotatable bonds is 3. The number of anilines is 2. The molecule has 0 atom stereocenters. The van der Waals surface area contributed by atoms with Gasteiger partial charge in [-0.2, -0.15) is 0 Å². The minimum atomic E-state index is 0.757. The monoisotopic (exact) mass is 391 g/mol. The summed E-state index contributed by atoms with van der Waals surface area (Å²) in [5.74, 6) is 0.878. The lowest BCUT2D eigenvalue weighted by Gasteiger charge is -2.34. The summed E-state index contributed by atoms with van der Waals surface area (Å²) in [6.45, 7) is 7.42. The maximum absolute atomic E-state index is 5.64. The number of hydrazine groups is 1. The molecular weight excluding hydrogens is 366 g/mol. The predicted octanol–water partition coefficient (Wildman–Crippen LogP) is 3.51. The lowest BCUT2D eigenvalue weighted by atomic mass is 9.99. The van der Waals surface area contributed by atoms with Crippen LogP contribution in [0.3, 0.4) is 0 Å². The Morgan fingerprint density at radius 3 is 2.59 bits per heavy atom. The van der Waals surface area contributed by atoms with Gasteiger partial charge in [-0.05, 0) is 37.6 Å². The third-order valence-electron chi connectivity index (χ3n) is 5.65. The summed E-state index contributed by atoms with van der Waals surface area (Å²) in [5, 5.41) is 1.70. The van der Waals surface area contributed by atoms with Crippen LogP contribution in [-0.2, 0) is 9.57 Å². The Balaban J connectivity index is 1.67. The van der Waals surface area contributed by atoms with Crippen molar-refractivity contribution in [1.29, 1.82) is 0 Å². The minimum Gasteiger partial charge on any atom is -0.378 e. The van der Waals surface area contributed by atoms with E-state index in [1.807, 2.05) is 11.6 Å². The highest BCUT2D eigenvalue weighted by atomic mass is 16.7. The van der Waals surface area contributed by atoms with E-state index >= 15 is 0 Å². The van der Waals surface area contributed by atoms with E-state index in [0.717, 1.165) is 66.0 Å². The molecule has 7 heteroatoms. The number of hydrogen-bond donors (Lipinski definition) is 1. The Labute approximate surface area is 170 Å². The average Bonchev–Trinajstić information content (AvgIpc) is 3.10. The summed E-state index contributed by atoms with van der Waals surface area (Å²) in [6, 6.07) is 14.9. The third-order valence-corrected chi connectivity index (χ3v) is 5.65. The molecule has 1 N–H and O–H groups in total. The fourth-order valence-corrected chi connectivity index (χ4v) is 4.12. The molecule has 1 saturated heterocycles. The molecule has 1 fully saturated rings. The van der Waals surface area contributed by atoms with Gasteiger partial charge >= 0.3 is 0 Å². The number of nitrogens with zero attached hydrogens (tertiary/aromatic N) is 4. The van der Waals surface area contributed by atoms with Crippen LogP contribution in [0.25, 0.3) is 22.5 Å². The number of benzene rings is 2. The van der Waals surface area contributed by atoms with E-state index in [-0.39, 0.29) is 0 Å². The van der Waals surface area contributed by atoms with Crippen LogP contribution >= 0.6 is 0 Å². The lowest BCUT2D eigenvalue weighted by molar-refractivity contribution is 0.122. The molecule has 1 aromatic heterocycles. The molecule has 7 nitrogen and oxygen atoms in total. The summed E-state index contributed by atoms with van der Waals surface area (Å²) < 4.78 is 7.49. The molecule has 0 bridgehead atoms. The fourth-order valence-electron chi connectivity index (χ4n) is 4.12. The van der Waals surface area contributed by atoms with Gasteiger partial charge in [0.15, 0.2) is 0 Å². The Morgan fingerprint density at radius 2 is 1.83 bits per heavy atom. The summed E-state index contributed by atoms with van der Waals surface area (Å²) in [5.41, 5.74) is 10.9. The van der Waals surface area contributed by atoms with Crippen molar-refractivity contribution >= 4 is 11.4 Å². The molecule has 29 heavy (non-hydrogen) atoms. The normalized spacial score (nSPS) is 15.7. The number of imidazole rings is 1. The first-order valence-corrected chi connectivity index (χ1v) is 9.90. The largest absolute Gasteiger partial charge is 0.378 e. The van der Waals surface area contributed by atoms with Gasteiger partial charge in [0.25, 0.3) is 0 Å². The van der Waals surface area contributed by atoms with E-state index in [9.17, 15) is 0 Å². The maximum atomic E-state index is 5.64. The fraction of sp³-hybridized carbons (Fsp3) is 0.318. The predicted molar refractivity (Wildman–Crippen MR) is 114 cm³/mol. The number of nitrogens with one attached hydrogen (secondary N) is 1. The number of hydrogen-bond acceptors (Lipinski definition) is 6. The molecule has 0 aliphatic carbocycles. The van der Waals surface area contributed by atoms with Crippen LogP contribution in [-0.4, -0.2) is 43.1 Å². The summed E-state index contributed by atoms with van der Waals surface area (Å²) in [7, 11) is 1.66. The molecule has 150 valence electrons. The Kier molecular flexibility index (Phi) is 4.41. The van der Waals surface area contributed by atoms with Gasteiger partial charge in [0.05, 0.1) is 26.0 Å². The van der Waals surface area contributed by atoms with Crippen molar-refractivity contribution < 1.29 is 9.57 Å². The molecular formula is C22H25N5O2. The van der Waals surface area contributed by atoms with Gasteiger partial charge in [-0.3, -0.25) is 4.84 Å². The van der Waals surface area contributed by atoms with Crippen molar-refractivity contribution in [3.63, 3.8) is 0 Å². The molecule has 5 rings (SSSR count). The van der Waals surface area contributed by atoms with E-state index in [1.165, 1.54) is 5.56 Å². The van der Waals surface area contributed by atoms with Crippen molar-refractivity contribution in [2.45, 2.75) is 13.8 Å². The minimum absolute atomic E-state index is 0.757. The topological polar surface area (TPSA) is 54.8 Å². The molecule has 2 aliphatic rings. The van der Waals surface area contributed by atoms with Gasteiger partial charge in [-0.25, -0.2) is 15.2 Å². The zero-order chi connectivity index (χ0) is 20.0. The standard InChI is InChI=1S/C22H25N5O2/c1-15-6-4-5-7-18(15)21-22-19-9-8-17(25-10-12-29-13-11-25)14-20(19)27(28-3)24-26(22)16(2)23-21/h4-9,14,24H,10-13H2,1-3H3. The van der Waals surface area contributed by atoms with Crippen LogP contribution in [0.15, 0.2) is 42.5 Å². The molecule has 0 radical (unpaired) electrons. The Morgan fingerprint density at radius 1 is 1.03 bits per heavy atom. The van der Waals surface area contributed by atoms with E-state index < -0.39 is 0 Å². The second kappa shape index (κ2) is 7.09. The summed E-state index contributed by atoms with van der Waals surface area (Å²) in [4.78, 5) is 12.9. The second-order valence-corrected chi connectivity index (χ2v) is 7.38. The van der Waals surface area contributed by atoms with Crippen LogP contribution in [0.5, 0.6) is 0 Å². The molecule has 0 unspecified atom stereocenters. The van der Waals surface area contributed by atoms with Gasteiger partial charge in [-0.15, -0.1) is 5.17 Å². The molecule has 2 aromatic carbocycles. The Bertz CT molecular complexity index is 1060. The van der Waals surface area contributed by atoms with Gasteiger partial charge in [0.1, 0.15) is 17.2 Å². The average molecular weight is 391 g/mol. The quantitative estimate of drug-likeness (QED) is 0.737. The zero-order valence-corrected chi connectivity index (χ0v) is 17.0. The van der Waals surface area contributed by atoms with Crippen molar-refractivity contribution in [3.05, 3.63) is 53.9 Å². The first kappa shape index (κ1) is 18.0. The third kappa shape index (κ3) is 2.94. The van der Waals surface area contributed by atoms with Crippen LogP contribution in [0.1, 0.15) is 11.4 Å². The van der Waals surface area contributed by atoms with E-state index in [4.69, 9.17) is 14.6 Å². The molecule has 0 spiro atoms. The van der Waals surface area contributed by atoms with Crippen molar-refractivity contribution in [3.8, 4) is 22.5 Å². The SMILES string of the molecule is CON1Nn2c(C)nc(-c3ccccc3C)c2-c2ccc(N3CCOCC3)cc21. The van der Waals surface area contributed by atoms with Crippen LogP contribution in [0, 0.1) is 13.8 Å². The molecule has 0 amide bonds. The summed E-state index contributed by atoms with van der Waals surface area (Å²) >= 11 is 0. The van der Waals surface area contributed by atoms with E-state index in [0.29, 0.717) is 0 Å². The van der Waals surface area contributed by atoms with Gasteiger partial charge in [0, 0.05) is 29.9 Å². The van der Waals surface area contributed by atoms with Crippen LogP contribution in [0.4, 0.5) is 11.4 Å². The van der Waals surface area contributed by atoms with Gasteiger partial charge in [-0.1, -0.05) is 24.3 Å². The number of aryl methyl sites for hydroxylation is 2. The van der Waals surface area contributed by atoms with Crippen LogP contribution in [0.2, 0.25) is 0 Å². The molecule has 3 aromatic rings. The number of aromatic nitrogens is 2. The number of fused-ring (bicyclic) bond motifs is 3. The first-order chi connectivity index (χ1) is 14.2. The van der Waals surface area contributed by atoms with Crippen LogP contribution < -0.4 is 15.6 Å². The first-order valence-electron chi connectivity index (χ1n) is 9.90. The van der Waals surface area contributed by atoms with Crippen molar-refractivity contribution in [2.75, 3.05) is 49.0 Å². The second-order valence-electron chi connectivity index (χ2n) is 7.38.